The van der Waals surface area contributed by atoms with Gasteiger partial charge >= 0.3 is 5.97 Å². The van der Waals surface area contributed by atoms with Gasteiger partial charge < -0.3 is 15.4 Å². The summed E-state index contributed by atoms with van der Waals surface area (Å²) in [7, 11) is 1.43. The van der Waals surface area contributed by atoms with Gasteiger partial charge in [0.2, 0.25) is 0 Å². The van der Waals surface area contributed by atoms with E-state index in [9.17, 15) is 4.79 Å². The minimum absolute atomic E-state index is 0.133. The molecule has 0 spiro atoms. The van der Waals surface area contributed by atoms with Gasteiger partial charge in [-0.25, -0.2) is 0 Å². The maximum Gasteiger partial charge on any atom is 0.305 e. The number of aryl methyl sites for hydroxylation is 1. The van der Waals surface area contributed by atoms with Crippen LogP contribution in [0.25, 0.3) is 0 Å². The van der Waals surface area contributed by atoms with Crippen LogP contribution in [0.4, 0.5) is 0 Å². The van der Waals surface area contributed by atoms with Crippen LogP contribution < -0.4 is 10.6 Å². The molecule has 4 nitrogen and oxygen atoms in total. The van der Waals surface area contributed by atoms with Gasteiger partial charge in [0.1, 0.15) is 0 Å². The molecular weight excluding hydrogens is 308 g/mol. The second-order valence-corrected chi connectivity index (χ2v) is 6.34. The maximum atomic E-state index is 11.0. The molecule has 0 aromatic heterocycles. The van der Waals surface area contributed by atoms with Crippen LogP contribution in [0.15, 0.2) is 24.3 Å². The Bertz CT molecular complexity index is 534. The van der Waals surface area contributed by atoms with Gasteiger partial charge in [0.15, 0.2) is 5.11 Å². The summed E-state index contributed by atoms with van der Waals surface area (Å²) in [6.45, 7) is 0.835. The lowest BCUT2D eigenvalue weighted by Gasteiger charge is -2.27. The van der Waals surface area contributed by atoms with Crippen molar-refractivity contribution in [2.24, 2.45) is 0 Å². The predicted octanol–water partition coefficient (Wildman–Crippen LogP) is 3.26. The molecule has 126 valence electrons. The monoisotopic (exact) mass is 334 g/mol. The lowest BCUT2D eigenvalue weighted by Crippen LogP contribution is -2.39. The molecule has 23 heavy (non-hydrogen) atoms. The minimum atomic E-state index is -0.133. The summed E-state index contributed by atoms with van der Waals surface area (Å²) in [6, 6.07) is 8.92. The summed E-state index contributed by atoms with van der Waals surface area (Å²) in [5.74, 6) is -0.133. The maximum absolute atomic E-state index is 11.0. The van der Waals surface area contributed by atoms with Crippen molar-refractivity contribution in [1.29, 1.82) is 0 Å². The Morgan fingerprint density at radius 2 is 2.13 bits per heavy atom. The number of unbranched alkanes of at least 4 members (excludes halogenated alkanes) is 2. The van der Waals surface area contributed by atoms with Gasteiger partial charge in [-0.05, 0) is 55.4 Å². The Morgan fingerprint density at radius 1 is 1.30 bits per heavy atom. The van der Waals surface area contributed by atoms with Crippen molar-refractivity contribution >= 4 is 23.3 Å². The molecule has 0 aliphatic heterocycles. The van der Waals surface area contributed by atoms with Gasteiger partial charge in [0.25, 0.3) is 0 Å². The van der Waals surface area contributed by atoms with E-state index in [-0.39, 0.29) is 5.97 Å². The van der Waals surface area contributed by atoms with Gasteiger partial charge in [-0.3, -0.25) is 4.79 Å². The van der Waals surface area contributed by atoms with E-state index in [1.165, 1.54) is 24.7 Å². The van der Waals surface area contributed by atoms with Gasteiger partial charge in [0, 0.05) is 13.0 Å². The van der Waals surface area contributed by atoms with Gasteiger partial charge in [-0.2, -0.15) is 0 Å². The number of carbonyl (C=O) groups is 1. The van der Waals surface area contributed by atoms with Crippen molar-refractivity contribution in [3.05, 3.63) is 35.4 Å². The summed E-state index contributed by atoms with van der Waals surface area (Å²) < 4.78 is 4.62. The van der Waals surface area contributed by atoms with Crippen molar-refractivity contribution in [2.75, 3.05) is 13.7 Å². The molecule has 1 aliphatic rings. The normalized spacial score (nSPS) is 16.3. The van der Waals surface area contributed by atoms with Crippen LogP contribution >= 0.6 is 12.2 Å². The fraction of sp³-hybridized carbons (Fsp3) is 0.556. The smallest absolute Gasteiger partial charge is 0.305 e. The number of nitrogens with one attached hydrogen (secondary N) is 2. The van der Waals surface area contributed by atoms with Gasteiger partial charge in [-0.1, -0.05) is 30.7 Å². The van der Waals surface area contributed by atoms with Crippen molar-refractivity contribution in [2.45, 2.75) is 51.0 Å². The fourth-order valence-corrected chi connectivity index (χ4v) is 3.23. The molecular formula is C18H26N2O2S. The number of ether oxygens (including phenoxy) is 1. The highest BCUT2D eigenvalue weighted by molar-refractivity contribution is 7.80. The summed E-state index contributed by atoms with van der Waals surface area (Å²) in [4.78, 5) is 11.0. The first-order chi connectivity index (χ1) is 11.2. The van der Waals surface area contributed by atoms with Crippen molar-refractivity contribution in [3.8, 4) is 0 Å². The second-order valence-electron chi connectivity index (χ2n) is 5.93. The lowest BCUT2D eigenvalue weighted by molar-refractivity contribution is -0.140. The first-order valence-electron chi connectivity index (χ1n) is 8.39. The van der Waals surface area contributed by atoms with E-state index in [1.54, 1.807) is 0 Å². The highest BCUT2D eigenvalue weighted by Crippen LogP contribution is 2.29. The predicted molar refractivity (Wildman–Crippen MR) is 96.3 cm³/mol. The Kier molecular flexibility index (Phi) is 7.33. The zero-order chi connectivity index (χ0) is 16.5. The van der Waals surface area contributed by atoms with Crippen LogP contribution in [0.5, 0.6) is 0 Å². The standard InChI is InChI=1S/C18H26N2O2S/c1-22-17(21)12-3-2-6-13-19-18(23)20-16-11-7-9-14-8-4-5-10-15(14)16/h4-5,8,10,16H,2-3,6-7,9,11-13H2,1H3,(H2,19,20,23)/t16-/m1/s1. The van der Waals surface area contributed by atoms with Crippen molar-refractivity contribution < 1.29 is 9.53 Å². The molecule has 1 aromatic rings. The molecule has 0 unspecified atom stereocenters. The van der Waals surface area contributed by atoms with Crippen LogP contribution in [0.2, 0.25) is 0 Å². The average molecular weight is 334 g/mol. The van der Waals surface area contributed by atoms with Gasteiger partial charge in [0.05, 0.1) is 13.2 Å². The molecule has 1 atom stereocenters. The molecule has 5 heteroatoms. The zero-order valence-electron chi connectivity index (χ0n) is 13.8. The Balaban J connectivity index is 1.65. The Labute approximate surface area is 144 Å². The number of benzene rings is 1. The number of rotatable bonds is 7. The average Bonchev–Trinajstić information content (AvgIpc) is 2.58. The highest BCUT2D eigenvalue weighted by Gasteiger charge is 2.19. The van der Waals surface area contributed by atoms with Crippen molar-refractivity contribution in [1.82, 2.24) is 10.6 Å². The largest absolute Gasteiger partial charge is 0.469 e. The van der Waals surface area contributed by atoms with Crippen LogP contribution in [-0.4, -0.2) is 24.7 Å². The minimum Gasteiger partial charge on any atom is -0.469 e. The fourth-order valence-electron chi connectivity index (χ4n) is 2.99. The van der Waals surface area contributed by atoms with Crippen LogP contribution in [0.1, 0.15) is 55.7 Å². The molecule has 0 saturated heterocycles. The molecule has 0 fully saturated rings. The topological polar surface area (TPSA) is 50.4 Å². The molecule has 2 N–H and O–H groups in total. The van der Waals surface area contributed by atoms with Crippen LogP contribution in [0.3, 0.4) is 0 Å². The first kappa shape index (κ1) is 17.7. The molecule has 0 amide bonds. The van der Waals surface area contributed by atoms with Crippen molar-refractivity contribution in [3.63, 3.8) is 0 Å². The number of fused-ring (bicyclic) bond motifs is 1. The molecule has 1 aromatic carbocycles. The Hall–Kier alpha value is -1.62. The Morgan fingerprint density at radius 3 is 2.96 bits per heavy atom. The van der Waals surface area contributed by atoms with E-state index in [4.69, 9.17) is 12.2 Å². The number of thiocarbonyl (C=S) groups is 1. The summed E-state index contributed by atoms with van der Waals surface area (Å²) in [5.41, 5.74) is 2.81. The molecule has 0 radical (unpaired) electrons. The van der Waals surface area contributed by atoms with Crippen LogP contribution in [-0.2, 0) is 16.0 Å². The lowest BCUT2D eigenvalue weighted by atomic mass is 9.88. The van der Waals surface area contributed by atoms with E-state index >= 15 is 0 Å². The van der Waals surface area contributed by atoms with Gasteiger partial charge in [-0.15, -0.1) is 0 Å². The van der Waals surface area contributed by atoms with Crippen LogP contribution in [0, 0.1) is 0 Å². The molecule has 0 bridgehead atoms. The van der Waals surface area contributed by atoms with E-state index in [2.05, 4.69) is 39.6 Å². The third-order valence-corrected chi connectivity index (χ3v) is 4.51. The molecule has 2 rings (SSSR count). The molecule has 1 aliphatic carbocycles. The quantitative estimate of drug-likeness (QED) is 0.455. The highest BCUT2D eigenvalue weighted by atomic mass is 32.1. The summed E-state index contributed by atoms with van der Waals surface area (Å²) in [5, 5.41) is 7.43. The summed E-state index contributed by atoms with van der Waals surface area (Å²) in [6.07, 6.45) is 6.84. The second kappa shape index (κ2) is 9.50. The number of hydrogen-bond acceptors (Lipinski definition) is 3. The molecule has 0 saturated carbocycles. The first-order valence-corrected chi connectivity index (χ1v) is 8.80. The number of carbonyl (C=O) groups excluding carboxylic acids is 1. The number of hydrogen-bond donors (Lipinski definition) is 2. The van der Waals surface area contributed by atoms with E-state index in [0.29, 0.717) is 12.5 Å². The number of esters is 1. The third kappa shape index (κ3) is 5.82. The third-order valence-electron chi connectivity index (χ3n) is 4.25. The summed E-state index contributed by atoms with van der Waals surface area (Å²) >= 11 is 5.41. The molecule has 0 heterocycles. The van der Waals surface area contributed by atoms with E-state index in [0.717, 1.165) is 43.8 Å². The zero-order valence-corrected chi connectivity index (χ0v) is 14.6. The van der Waals surface area contributed by atoms with E-state index < -0.39 is 0 Å². The SMILES string of the molecule is COC(=O)CCCCCNC(=S)N[C@@H]1CCCc2ccccc21. The van der Waals surface area contributed by atoms with E-state index in [1.807, 2.05) is 0 Å². The number of methoxy groups -OCH3 is 1.